The van der Waals surface area contributed by atoms with Crippen LogP contribution in [0, 0.1) is 3.57 Å². The lowest BCUT2D eigenvalue weighted by molar-refractivity contribution is 0.219. The first-order valence-electron chi connectivity index (χ1n) is 5.80. The van der Waals surface area contributed by atoms with Crippen molar-refractivity contribution in [2.45, 2.75) is 6.10 Å². The fourth-order valence-electron chi connectivity index (χ4n) is 2.04. The van der Waals surface area contributed by atoms with Gasteiger partial charge >= 0.3 is 5.76 Å². The summed E-state index contributed by atoms with van der Waals surface area (Å²) in [7, 11) is 0. The number of halogens is 2. The van der Waals surface area contributed by atoms with Gasteiger partial charge in [0.15, 0.2) is 5.58 Å². The van der Waals surface area contributed by atoms with Gasteiger partial charge in [0.2, 0.25) is 0 Å². The third-order valence-electron chi connectivity index (χ3n) is 3.01. The van der Waals surface area contributed by atoms with E-state index in [1.165, 1.54) is 0 Å². The van der Waals surface area contributed by atoms with Crippen molar-refractivity contribution in [3.05, 3.63) is 66.1 Å². The lowest BCUT2D eigenvalue weighted by Crippen LogP contribution is -2.02. The molecule has 6 heteroatoms. The molecule has 0 fully saturated rings. The molecule has 0 saturated carbocycles. The van der Waals surface area contributed by atoms with Gasteiger partial charge in [0, 0.05) is 8.04 Å². The number of oxazole rings is 1. The highest BCUT2D eigenvalue weighted by Gasteiger charge is 2.15. The van der Waals surface area contributed by atoms with Crippen LogP contribution in [-0.2, 0) is 0 Å². The molecule has 2 aromatic carbocycles. The van der Waals surface area contributed by atoms with Crippen molar-refractivity contribution < 1.29 is 9.52 Å². The number of hydrogen-bond donors (Lipinski definition) is 2. The van der Waals surface area contributed by atoms with Gasteiger partial charge in [0.1, 0.15) is 6.10 Å². The Morgan fingerprint density at radius 3 is 2.85 bits per heavy atom. The number of H-pyrrole nitrogens is 1. The summed E-state index contributed by atoms with van der Waals surface area (Å²) in [5, 5.41) is 10.5. The highest BCUT2D eigenvalue weighted by molar-refractivity contribution is 14.1. The summed E-state index contributed by atoms with van der Waals surface area (Å²) in [6.45, 7) is 0. The maximum atomic E-state index is 11.1. The molecular weight excluding hydrogens is 437 g/mol. The number of nitrogens with one attached hydrogen (secondary N) is 1. The third kappa shape index (κ3) is 2.55. The van der Waals surface area contributed by atoms with Crippen LogP contribution in [0.3, 0.4) is 0 Å². The molecular formula is C14H9BrINO3. The minimum Gasteiger partial charge on any atom is -0.408 e. The molecule has 3 rings (SSSR count). The highest BCUT2D eigenvalue weighted by atomic mass is 127. The Bertz CT molecular complexity index is 840. The number of aromatic nitrogens is 1. The van der Waals surface area contributed by atoms with Crippen LogP contribution in [0.4, 0.5) is 0 Å². The molecule has 1 heterocycles. The van der Waals surface area contributed by atoms with Gasteiger partial charge in [-0.3, -0.25) is 4.98 Å². The summed E-state index contributed by atoms with van der Waals surface area (Å²) in [6, 6.07) is 10.9. The summed E-state index contributed by atoms with van der Waals surface area (Å²) in [4.78, 5) is 13.7. The van der Waals surface area contributed by atoms with Crippen LogP contribution in [0.15, 0.2) is 50.1 Å². The standard InChI is InChI=1S/C14H9BrINO3/c15-8-2-3-10(16)9(6-8)13(18)7-1-4-11-12(5-7)20-14(19)17-11/h1-6,13,18H,(H,17,19). The molecule has 0 aliphatic rings. The molecule has 2 N–H and O–H groups in total. The molecule has 1 atom stereocenters. The second-order valence-electron chi connectivity index (χ2n) is 4.34. The van der Waals surface area contributed by atoms with E-state index in [1.807, 2.05) is 18.2 Å². The number of aliphatic hydroxyl groups excluding tert-OH is 1. The molecule has 1 aromatic heterocycles. The minimum atomic E-state index is -0.774. The lowest BCUT2D eigenvalue weighted by Gasteiger charge is -2.13. The number of aromatic amines is 1. The van der Waals surface area contributed by atoms with Crippen molar-refractivity contribution in [1.29, 1.82) is 0 Å². The zero-order chi connectivity index (χ0) is 14.3. The van der Waals surface area contributed by atoms with Crippen molar-refractivity contribution >= 4 is 49.6 Å². The van der Waals surface area contributed by atoms with Crippen molar-refractivity contribution in [2.75, 3.05) is 0 Å². The molecule has 102 valence electrons. The molecule has 0 saturated heterocycles. The van der Waals surface area contributed by atoms with Gasteiger partial charge in [-0.25, -0.2) is 4.79 Å². The summed E-state index contributed by atoms with van der Waals surface area (Å²) >= 11 is 5.58. The molecule has 4 nitrogen and oxygen atoms in total. The zero-order valence-corrected chi connectivity index (χ0v) is 13.8. The van der Waals surface area contributed by atoms with Crippen molar-refractivity contribution in [1.82, 2.24) is 4.98 Å². The van der Waals surface area contributed by atoms with Gasteiger partial charge in [-0.15, -0.1) is 0 Å². The van der Waals surface area contributed by atoms with E-state index in [4.69, 9.17) is 4.42 Å². The van der Waals surface area contributed by atoms with Crippen LogP contribution in [0.25, 0.3) is 11.1 Å². The second-order valence-corrected chi connectivity index (χ2v) is 6.42. The van der Waals surface area contributed by atoms with Gasteiger partial charge in [-0.2, -0.15) is 0 Å². The Kier molecular flexibility index (Phi) is 3.70. The highest BCUT2D eigenvalue weighted by Crippen LogP contribution is 2.29. The van der Waals surface area contributed by atoms with E-state index in [-0.39, 0.29) is 0 Å². The maximum absolute atomic E-state index is 11.1. The largest absolute Gasteiger partial charge is 0.417 e. The summed E-state index contributed by atoms with van der Waals surface area (Å²) in [5.41, 5.74) is 2.54. The van der Waals surface area contributed by atoms with Crippen molar-refractivity contribution in [3.8, 4) is 0 Å². The van der Waals surface area contributed by atoms with Gasteiger partial charge in [0.25, 0.3) is 0 Å². The fraction of sp³-hybridized carbons (Fsp3) is 0.0714. The van der Waals surface area contributed by atoms with Gasteiger partial charge in [0.05, 0.1) is 5.52 Å². The summed E-state index contributed by atoms with van der Waals surface area (Å²) in [6.07, 6.45) is -0.774. The first-order chi connectivity index (χ1) is 9.54. The Labute approximate surface area is 136 Å². The quantitative estimate of drug-likeness (QED) is 0.592. The SMILES string of the molecule is O=c1[nH]c2ccc(C(O)c3cc(Br)ccc3I)cc2o1. The van der Waals surface area contributed by atoms with Gasteiger partial charge in [-0.1, -0.05) is 22.0 Å². The molecule has 0 spiro atoms. The number of fused-ring (bicyclic) bond motifs is 1. The van der Waals surface area contributed by atoms with E-state index >= 15 is 0 Å². The van der Waals surface area contributed by atoms with Crippen molar-refractivity contribution in [3.63, 3.8) is 0 Å². The van der Waals surface area contributed by atoms with Crippen LogP contribution >= 0.6 is 38.5 Å². The molecule has 0 aliphatic carbocycles. The van der Waals surface area contributed by atoms with Gasteiger partial charge < -0.3 is 9.52 Å². The Hall–Kier alpha value is -1.12. The van der Waals surface area contributed by atoms with Crippen LogP contribution in [0.5, 0.6) is 0 Å². The van der Waals surface area contributed by atoms with E-state index in [9.17, 15) is 9.90 Å². The maximum Gasteiger partial charge on any atom is 0.417 e. The number of aliphatic hydroxyl groups is 1. The number of benzene rings is 2. The summed E-state index contributed by atoms with van der Waals surface area (Å²) in [5.74, 6) is -0.497. The predicted molar refractivity (Wildman–Crippen MR) is 87.8 cm³/mol. The van der Waals surface area contributed by atoms with Crippen LogP contribution in [0.1, 0.15) is 17.2 Å². The van der Waals surface area contributed by atoms with Crippen molar-refractivity contribution in [2.24, 2.45) is 0 Å². The molecule has 0 bridgehead atoms. The minimum absolute atomic E-state index is 0.441. The monoisotopic (exact) mass is 445 g/mol. The summed E-state index contributed by atoms with van der Waals surface area (Å²) < 4.78 is 6.89. The van der Waals surface area contributed by atoms with Gasteiger partial charge in [-0.05, 0) is 64.0 Å². The van der Waals surface area contributed by atoms with E-state index in [0.29, 0.717) is 16.7 Å². The number of hydrogen-bond acceptors (Lipinski definition) is 3. The van der Waals surface area contributed by atoms with Crippen LogP contribution < -0.4 is 5.76 Å². The first kappa shape index (κ1) is 13.8. The first-order valence-corrected chi connectivity index (χ1v) is 7.67. The molecule has 20 heavy (non-hydrogen) atoms. The second kappa shape index (κ2) is 5.34. The lowest BCUT2D eigenvalue weighted by atomic mass is 10.0. The molecule has 3 aromatic rings. The van der Waals surface area contributed by atoms with E-state index < -0.39 is 11.9 Å². The van der Waals surface area contributed by atoms with Crippen LogP contribution in [0.2, 0.25) is 0 Å². The predicted octanol–water partition coefficient (Wildman–Crippen LogP) is 3.57. The van der Waals surface area contributed by atoms with E-state index in [1.54, 1.807) is 18.2 Å². The smallest absolute Gasteiger partial charge is 0.408 e. The van der Waals surface area contributed by atoms with Crippen LogP contribution in [-0.4, -0.2) is 10.1 Å². The topological polar surface area (TPSA) is 66.2 Å². The molecule has 0 amide bonds. The third-order valence-corrected chi connectivity index (χ3v) is 4.49. The Morgan fingerprint density at radius 2 is 2.05 bits per heavy atom. The van der Waals surface area contributed by atoms with E-state index in [2.05, 4.69) is 43.5 Å². The average Bonchev–Trinajstić information content (AvgIpc) is 2.79. The zero-order valence-electron chi connectivity index (χ0n) is 10.1. The average molecular weight is 446 g/mol. The number of rotatable bonds is 2. The fourth-order valence-corrected chi connectivity index (χ4v) is 3.05. The normalized spacial score (nSPS) is 12.8. The van der Waals surface area contributed by atoms with E-state index in [0.717, 1.165) is 13.6 Å². The molecule has 0 aliphatic heterocycles. The Morgan fingerprint density at radius 1 is 1.25 bits per heavy atom. The Balaban J connectivity index is 2.09. The molecule has 0 radical (unpaired) electrons. The molecule has 1 unspecified atom stereocenters.